The van der Waals surface area contributed by atoms with Crippen LogP contribution in [0.25, 0.3) is 0 Å². The molecule has 2 aromatic rings. The molecule has 23 heavy (non-hydrogen) atoms. The summed E-state index contributed by atoms with van der Waals surface area (Å²) in [5.41, 5.74) is 2.33. The van der Waals surface area contributed by atoms with Gasteiger partial charge in [0, 0.05) is 25.5 Å². The molecule has 0 bridgehead atoms. The van der Waals surface area contributed by atoms with Gasteiger partial charge in [-0.1, -0.05) is 0 Å². The molecule has 0 spiro atoms. The molecule has 1 N–H and O–H groups in total. The Balaban J connectivity index is 1.75. The molecule has 0 unspecified atom stereocenters. The van der Waals surface area contributed by atoms with Crippen LogP contribution >= 0.6 is 0 Å². The van der Waals surface area contributed by atoms with Gasteiger partial charge >= 0.3 is 0 Å². The molecule has 4 nitrogen and oxygen atoms in total. The van der Waals surface area contributed by atoms with Crippen molar-refractivity contribution >= 4 is 17.3 Å². The second-order valence-electron chi connectivity index (χ2n) is 5.79. The Morgan fingerprint density at radius 3 is 2.61 bits per heavy atom. The first-order valence-electron chi connectivity index (χ1n) is 7.95. The molecule has 1 aliphatic heterocycles. The summed E-state index contributed by atoms with van der Waals surface area (Å²) in [6.07, 6.45) is 7.04. The Morgan fingerprint density at radius 2 is 1.87 bits per heavy atom. The monoisotopic (exact) mass is 313 g/mol. The summed E-state index contributed by atoms with van der Waals surface area (Å²) in [5, 5.41) is 2.86. The number of hydrogen-bond acceptors (Lipinski definition) is 3. The first kappa shape index (κ1) is 15.5. The van der Waals surface area contributed by atoms with E-state index in [1.807, 2.05) is 0 Å². The number of nitrogens with one attached hydrogen (secondary N) is 1. The molecule has 5 heteroatoms. The molecular formula is C18H20FN3O. The molecular weight excluding hydrogens is 293 g/mol. The fourth-order valence-electron chi connectivity index (χ4n) is 2.90. The van der Waals surface area contributed by atoms with Gasteiger partial charge in [0.05, 0.1) is 17.8 Å². The molecule has 0 saturated carbocycles. The Hall–Kier alpha value is -2.43. The van der Waals surface area contributed by atoms with Gasteiger partial charge in [-0.25, -0.2) is 4.39 Å². The zero-order valence-electron chi connectivity index (χ0n) is 13.0. The van der Waals surface area contributed by atoms with Gasteiger partial charge in [-0.15, -0.1) is 0 Å². The summed E-state index contributed by atoms with van der Waals surface area (Å²) < 4.78 is 13.6. The molecule has 1 saturated heterocycles. The van der Waals surface area contributed by atoms with Crippen LogP contribution in [0.2, 0.25) is 0 Å². The lowest BCUT2D eigenvalue weighted by Crippen LogP contribution is -2.30. The molecule has 120 valence electrons. The van der Waals surface area contributed by atoms with E-state index < -0.39 is 0 Å². The van der Waals surface area contributed by atoms with Crippen molar-refractivity contribution in [3.63, 3.8) is 0 Å². The van der Waals surface area contributed by atoms with Gasteiger partial charge in [0.1, 0.15) is 5.82 Å². The zero-order valence-corrected chi connectivity index (χ0v) is 13.0. The summed E-state index contributed by atoms with van der Waals surface area (Å²) in [6, 6.07) is 8.20. The van der Waals surface area contributed by atoms with Gasteiger partial charge < -0.3 is 10.2 Å². The minimum atomic E-state index is -0.343. The van der Waals surface area contributed by atoms with E-state index in [2.05, 4.69) is 15.2 Å². The van der Waals surface area contributed by atoms with Crippen LogP contribution in [0.15, 0.2) is 42.7 Å². The van der Waals surface area contributed by atoms with E-state index in [-0.39, 0.29) is 18.1 Å². The van der Waals surface area contributed by atoms with E-state index >= 15 is 0 Å². The van der Waals surface area contributed by atoms with Crippen molar-refractivity contribution in [3.8, 4) is 0 Å². The van der Waals surface area contributed by atoms with E-state index in [0.717, 1.165) is 37.2 Å². The Bertz CT molecular complexity index is 669. The van der Waals surface area contributed by atoms with Crippen molar-refractivity contribution in [3.05, 3.63) is 54.1 Å². The number of aromatic nitrogens is 1. The van der Waals surface area contributed by atoms with Crippen molar-refractivity contribution < 1.29 is 9.18 Å². The fraction of sp³-hybridized carbons (Fsp3) is 0.333. The van der Waals surface area contributed by atoms with Gasteiger partial charge in [0.2, 0.25) is 5.91 Å². The van der Waals surface area contributed by atoms with Gasteiger partial charge in [0.15, 0.2) is 0 Å². The highest BCUT2D eigenvalue weighted by Crippen LogP contribution is 2.29. The quantitative estimate of drug-likeness (QED) is 0.941. The molecule has 0 radical (unpaired) electrons. The lowest BCUT2D eigenvalue weighted by molar-refractivity contribution is -0.115. The van der Waals surface area contributed by atoms with E-state index in [4.69, 9.17) is 0 Å². The summed E-state index contributed by atoms with van der Waals surface area (Å²) >= 11 is 0. The van der Waals surface area contributed by atoms with E-state index in [1.54, 1.807) is 30.6 Å². The standard InChI is InChI=1S/C18H20FN3O/c19-15-4-5-17(22-10-2-1-3-11-22)16(13-15)21-18(23)12-14-6-8-20-9-7-14/h4-9,13H,1-3,10-12H2,(H,21,23). The molecule has 1 fully saturated rings. The molecule has 1 aromatic heterocycles. The highest BCUT2D eigenvalue weighted by atomic mass is 19.1. The Kier molecular flexibility index (Phi) is 4.86. The first-order valence-corrected chi connectivity index (χ1v) is 7.95. The Labute approximate surface area is 135 Å². The third kappa shape index (κ3) is 4.06. The SMILES string of the molecule is O=C(Cc1ccncc1)Nc1cc(F)ccc1N1CCCCC1. The second-order valence-corrected chi connectivity index (χ2v) is 5.79. The van der Waals surface area contributed by atoms with Crippen LogP contribution in [-0.2, 0) is 11.2 Å². The van der Waals surface area contributed by atoms with Gasteiger partial charge in [-0.2, -0.15) is 0 Å². The number of anilines is 2. The summed E-state index contributed by atoms with van der Waals surface area (Å²) in [5.74, 6) is -0.495. The van der Waals surface area contributed by atoms with Crippen LogP contribution < -0.4 is 10.2 Å². The average molecular weight is 313 g/mol. The molecule has 1 aliphatic rings. The number of halogens is 1. The third-order valence-electron chi connectivity index (χ3n) is 4.04. The second kappa shape index (κ2) is 7.22. The van der Waals surface area contributed by atoms with Crippen molar-refractivity contribution in [1.29, 1.82) is 0 Å². The topological polar surface area (TPSA) is 45.2 Å². The lowest BCUT2D eigenvalue weighted by Gasteiger charge is -2.30. The van der Waals surface area contributed by atoms with E-state index in [1.165, 1.54) is 18.6 Å². The average Bonchev–Trinajstić information content (AvgIpc) is 2.56. The minimum Gasteiger partial charge on any atom is -0.370 e. The van der Waals surface area contributed by atoms with Crippen LogP contribution in [0.5, 0.6) is 0 Å². The van der Waals surface area contributed by atoms with Crippen molar-refractivity contribution in [2.75, 3.05) is 23.3 Å². The molecule has 1 aromatic carbocycles. The summed E-state index contributed by atoms with van der Waals surface area (Å²) in [7, 11) is 0. The maximum atomic E-state index is 13.6. The van der Waals surface area contributed by atoms with Crippen molar-refractivity contribution in [2.24, 2.45) is 0 Å². The Morgan fingerprint density at radius 1 is 1.13 bits per heavy atom. The molecule has 1 amide bonds. The number of benzene rings is 1. The number of piperidine rings is 1. The van der Waals surface area contributed by atoms with Crippen LogP contribution in [0.4, 0.5) is 15.8 Å². The maximum Gasteiger partial charge on any atom is 0.228 e. The smallest absolute Gasteiger partial charge is 0.228 e. The number of nitrogens with zero attached hydrogens (tertiary/aromatic N) is 2. The predicted octanol–water partition coefficient (Wildman–Crippen LogP) is 3.39. The molecule has 0 aliphatic carbocycles. The number of rotatable bonds is 4. The van der Waals surface area contributed by atoms with E-state index in [0.29, 0.717) is 5.69 Å². The fourth-order valence-corrected chi connectivity index (χ4v) is 2.90. The summed E-state index contributed by atoms with van der Waals surface area (Å²) in [4.78, 5) is 18.4. The van der Waals surface area contributed by atoms with Crippen LogP contribution in [0.1, 0.15) is 24.8 Å². The largest absolute Gasteiger partial charge is 0.370 e. The predicted molar refractivity (Wildman–Crippen MR) is 89.0 cm³/mol. The summed E-state index contributed by atoms with van der Waals surface area (Å²) in [6.45, 7) is 1.89. The van der Waals surface area contributed by atoms with Crippen LogP contribution in [0.3, 0.4) is 0 Å². The first-order chi connectivity index (χ1) is 11.2. The number of hydrogen-bond donors (Lipinski definition) is 1. The van der Waals surface area contributed by atoms with Crippen molar-refractivity contribution in [2.45, 2.75) is 25.7 Å². The van der Waals surface area contributed by atoms with Gasteiger partial charge in [-0.3, -0.25) is 9.78 Å². The van der Waals surface area contributed by atoms with Crippen LogP contribution in [-0.4, -0.2) is 24.0 Å². The molecule has 3 rings (SSSR count). The van der Waals surface area contributed by atoms with E-state index in [9.17, 15) is 9.18 Å². The number of amides is 1. The van der Waals surface area contributed by atoms with Gasteiger partial charge in [0.25, 0.3) is 0 Å². The van der Waals surface area contributed by atoms with Gasteiger partial charge in [-0.05, 0) is 55.2 Å². The van der Waals surface area contributed by atoms with Crippen LogP contribution in [0, 0.1) is 5.82 Å². The minimum absolute atomic E-state index is 0.153. The highest BCUT2D eigenvalue weighted by Gasteiger charge is 2.16. The normalized spacial score (nSPS) is 14.6. The highest BCUT2D eigenvalue weighted by molar-refractivity contribution is 5.95. The third-order valence-corrected chi connectivity index (χ3v) is 4.04. The number of pyridine rings is 1. The molecule has 2 heterocycles. The zero-order chi connectivity index (χ0) is 16.1. The number of carbonyl (C=O) groups is 1. The number of carbonyl (C=O) groups excluding carboxylic acids is 1. The maximum absolute atomic E-state index is 13.6. The lowest BCUT2D eigenvalue weighted by atomic mass is 10.1. The molecule has 0 atom stereocenters. The van der Waals surface area contributed by atoms with Crippen molar-refractivity contribution in [1.82, 2.24) is 4.98 Å².